The molecule has 0 atom stereocenters. The summed E-state index contributed by atoms with van der Waals surface area (Å²) in [5, 5.41) is 7.58. The molecule has 4 aromatic rings. The lowest BCUT2D eigenvalue weighted by molar-refractivity contribution is 1.12. The molecule has 0 fully saturated rings. The van der Waals surface area contributed by atoms with E-state index in [9.17, 15) is 0 Å². The van der Waals surface area contributed by atoms with Crippen LogP contribution >= 0.6 is 11.3 Å². The molecule has 0 bridgehead atoms. The van der Waals surface area contributed by atoms with E-state index in [1.54, 1.807) is 17.5 Å². The molecule has 0 saturated heterocycles. The highest BCUT2D eigenvalue weighted by molar-refractivity contribution is 7.08. The second kappa shape index (κ2) is 5.98. The van der Waals surface area contributed by atoms with E-state index in [0.29, 0.717) is 0 Å². The molecular formula is C18H17N5S. The van der Waals surface area contributed by atoms with Crippen LogP contribution in [0.4, 0.5) is 17.2 Å². The summed E-state index contributed by atoms with van der Waals surface area (Å²) in [4.78, 5) is 11.1. The normalized spacial score (nSPS) is 10.9. The van der Waals surface area contributed by atoms with Gasteiger partial charge in [0, 0.05) is 48.8 Å². The molecule has 3 aromatic heterocycles. The van der Waals surface area contributed by atoms with E-state index in [0.717, 1.165) is 28.5 Å². The molecule has 5 nitrogen and oxygen atoms in total. The van der Waals surface area contributed by atoms with Crippen LogP contribution in [0.15, 0.2) is 59.7 Å². The molecule has 24 heavy (non-hydrogen) atoms. The second-order valence-corrected chi connectivity index (χ2v) is 6.47. The number of hydrogen-bond acceptors (Lipinski definition) is 5. The number of imidazole rings is 1. The standard InChI is InChI=1S/C18H17N5S/c1-22(2)15-5-3-4-14(10-15)21-17-18-20-11-16(13-6-9-24-12-13)23(18)8-7-19-17/h3-12H,1-2H3,(H,19,21). The number of rotatable bonds is 4. The molecule has 6 heteroatoms. The summed E-state index contributed by atoms with van der Waals surface area (Å²) in [5.41, 5.74) is 5.17. The average molecular weight is 335 g/mol. The van der Waals surface area contributed by atoms with Gasteiger partial charge in [0.15, 0.2) is 11.5 Å². The molecule has 0 aliphatic heterocycles. The van der Waals surface area contributed by atoms with E-state index in [-0.39, 0.29) is 0 Å². The van der Waals surface area contributed by atoms with Crippen LogP contribution in [0.3, 0.4) is 0 Å². The van der Waals surface area contributed by atoms with Gasteiger partial charge in [0.05, 0.1) is 11.9 Å². The Kier molecular flexibility index (Phi) is 3.66. The Morgan fingerprint density at radius 1 is 1.17 bits per heavy atom. The summed E-state index contributed by atoms with van der Waals surface area (Å²) in [6.45, 7) is 0. The SMILES string of the molecule is CN(C)c1cccc(Nc2nccn3c(-c4ccsc4)cnc23)c1. The molecule has 0 unspecified atom stereocenters. The van der Waals surface area contributed by atoms with Gasteiger partial charge in [-0.25, -0.2) is 9.97 Å². The van der Waals surface area contributed by atoms with Crippen molar-refractivity contribution >= 4 is 34.2 Å². The average Bonchev–Trinajstić information content (AvgIpc) is 3.24. The minimum absolute atomic E-state index is 0.745. The predicted molar refractivity (Wildman–Crippen MR) is 100 cm³/mol. The molecule has 0 spiro atoms. The summed E-state index contributed by atoms with van der Waals surface area (Å²) in [6, 6.07) is 10.3. The Hall–Kier alpha value is -2.86. The van der Waals surface area contributed by atoms with E-state index in [1.807, 2.05) is 38.6 Å². The first-order valence-corrected chi connectivity index (χ1v) is 8.56. The van der Waals surface area contributed by atoms with Crippen molar-refractivity contribution in [1.29, 1.82) is 0 Å². The van der Waals surface area contributed by atoms with Crippen LogP contribution in [0.2, 0.25) is 0 Å². The van der Waals surface area contributed by atoms with Crippen LogP contribution in [0.5, 0.6) is 0 Å². The first-order valence-electron chi connectivity index (χ1n) is 7.61. The van der Waals surface area contributed by atoms with Gasteiger partial charge in [-0.2, -0.15) is 11.3 Å². The van der Waals surface area contributed by atoms with Gasteiger partial charge in [-0.1, -0.05) is 6.07 Å². The molecule has 3 heterocycles. The van der Waals surface area contributed by atoms with Crippen molar-refractivity contribution in [3.8, 4) is 11.3 Å². The third kappa shape index (κ3) is 2.61. The number of benzene rings is 1. The second-order valence-electron chi connectivity index (χ2n) is 5.69. The van der Waals surface area contributed by atoms with Crippen LogP contribution in [0, 0.1) is 0 Å². The van der Waals surface area contributed by atoms with E-state index in [2.05, 4.69) is 53.5 Å². The summed E-state index contributed by atoms with van der Waals surface area (Å²) in [6.07, 6.45) is 5.62. The maximum Gasteiger partial charge on any atom is 0.180 e. The van der Waals surface area contributed by atoms with Crippen LogP contribution in [0.25, 0.3) is 16.9 Å². The Bertz CT molecular complexity index is 972. The lowest BCUT2D eigenvalue weighted by atomic mass is 10.2. The minimum atomic E-state index is 0.745. The van der Waals surface area contributed by atoms with Crippen LogP contribution in [-0.4, -0.2) is 28.5 Å². The van der Waals surface area contributed by atoms with Crippen LogP contribution in [0.1, 0.15) is 0 Å². The fourth-order valence-electron chi connectivity index (χ4n) is 2.63. The quantitative estimate of drug-likeness (QED) is 0.605. The molecule has 1 aromatic carbocycles. The highest BCUT2D eigenvalue weighted by Crippen LogP contribution is 2.27. The maximum absolute atomic E-state index is 4.56. The van der Waals surface area contributed by atoms with Crippen molar-refractivity contribution in [2.75, 3.05) is 24.3 Å². The van der Waals surface area contributed by atoms with Crippen molar-refractivity contribution in [2.45, 2.75) is 0 Å². The van der Waals surface area contributed by atoms with Gasteiger partial charge in [-0.3, -0.25) is 4.40 Å². The Labute approximate surface area is 144 Å². The number of fused-ring (bicyclic) bond motifs is 1. The van der Waals surface area contributed by atoms with Crippen molar-refractivity contribution in [3.63, 3.8) is 0 Å². The first kappa shape index (κ1) is 14.7. The van der Waals surface area contributed by atoms with Crippen molar-refractivity contribution in [1.82, 2.24) is 14.4 Å². The maximum atomic E-state index is 4.56. The lowest BCUT2D eigenvalue weighted by Crippen LogP contribution is -2.08. The largest absolute Gasteiger partial charge is 0.378 e. The summed E-state index contributed by atoms with van der Waals surface area (Å²) >= 11 is 1.68. The van der Waals surface area contributed by atoms with Gasteiger partial charge in [0.2, 0.25) is 0 Å². The van der Waals surface area contributed by atoms with E-state index in [1.165, 1.54) is 5.56 Å². The summed E-state index contributed by atoms with van der Waals surface area (Å²) in [7, 11) is 4.06. The van der Waals surface area contributed by atoms with Gasteiger partial charge in [0.1, 0.15) is 0 Å². The highest BCUT2D eigenvalue weighted by Gasteiger charge is 2.11. The van der Waals surface area contributed by atoms with Crippen molar-refractivity contribution < 1.29 is 0 Å². The van der Waals surface area contributed by atoms with Crippen molar-refractivity contribution in [3.05, 3.63) is 59.7 Å². The zero-order valence-corrected chi connectivity index (χ0v) is 14.3. The number of anilines is 3. The first-order chi connectivity index (χ1) is 11.7. The number of nitrogens with zero attached hydrogens (tertiary/aromatic N) is 4. The van der Waals surface area contributed by atoms with Gasteiger partial charge < -0.3 is 10.2 Å². The zero-order valence-electron chi connectivity index (χ0n) is 13.5. The third-order valence-electron chi connectivity index (χ3n) is 3.87. The van der Waals surface area contributed by atoms with E-state index >= 15 is 0 Å². The third-order valence-corrected chi connectivity index (χ3v) is 4.55. The Balaban J connectivity index is 1.74. The molecule has 1 N–H and O–H groups in total. The lowest BCUT2D eigenvalue weighted by Gasteiger charge is -2.14. The molecule has 0 aliphatic carbocycles. The van der Waals surface area contributed by atoms with Crippen LogP contribution < -0.4 is 10.2 Å². The molecule has 0 amide bonds. The number of aromatic nitrogens is 3. The number of nitrogens with one attached hydrogen (secondary N) is 1. The van der Waals surface area contributed by atoms with E-state index in [4.69, 9.17) is 0 Å². The topological polar surface area (TPSA) is 45.5 Å². The van der Waals surface area contributed by atoms with Gasteiger partial charge in [-0.05, 0) is 29.6 Å². The van der Waals surface area contributed by atoms with Crippen LogP contribution in [-0.2, 0) is 0 Å². The summed E-state index contributed by atoms with van der Waals surface area (Å²) < 4.78 is 2.06. The van der Waals surface area contributed by atoms with Crippen molar-refractivity contribution in [2.24, 2.45) is 0 Å². The minimum Gasteiger partial charge on any atom is -0.378 e. The molecule has 0 saturated carbocycles. The molecule has 0 radical (unpaired) electrons. The molecule has 0 aliphatic rings. The monoisotopic (exact) mass is 335 g/mol. The highest BCUT2D eigenvalue weighted by atomic mass is 32.1. The molecular weight excluding hydrogens is 318 g/mol. The fourth-order valence-corrected chi connectivity index (χ4v) is 3.28. The smallest absolute Gasteiger partial charge is 0.180 e. The summed E-state index contributed by atoms with van der Waals surface area (Å²) in [5.74, 6) is 0.745. The molecule has 120 valence electrons. The predicted octanol–water partition coefficient (Wildman–Crippen LogP) is 4.27. The molecule has 4 rings (SSSR count). The number of hydrogen-bond donors (Lipinski definition) is 1. The fraction of sp³-hybridized carbons (Fsp3) is 0.111. The van der Waals surface area contributed by atoms with Gasteiger partial charge >= 0.3 is 0 Å². The van der Waals surface area contributed by atoms with Gasteiger partial charge in [0.25, 0.3) is 0 Å². The zero-order chi connectivity index (χ0) is 16.5. The Morgan fingerprint density at radius 2 is 2.08 bits per heavy atom. The van der Waals surface area contributed by atoms with E-state index < -0.39 is 0 Å². The number of thiophene rings is 1. The van der Waals surface area contributed by atoms with Gasteiger partial charge in [-0.15, -0.1) is 0 Å². The Morgan fingerprint density at radius 3 is 2.88 bits per heavy atom.